The molecule has 0 aliphatic heterocycles. The highest BCUT2D eigenvalue weighted by molar-refractivity contribution is 7.99. The van der Waals surface area contributed by atoms with Gasteiger partial charge in [-0.25, -0.2) is 4.39 Å². The highest BCUT2D eigenvalue weighted by Gasteiger charge is 2.44. The number of halogens is 1. The number of rotatable bonds is 7. The van der Waals surface area contributed by atoms with E-state index in [4.69, 9.17) is 4.74 Å². The lowest BCUT2D eigenvalue weighted by molar-refractivity contribution is -0.141. The number of benzene rings is 1. The molecule has 2 rings (SSSR count). The van der Waals surface area contributed by atoms with E-state index in [1.807, 2.05) is 6.07 Å². The molecule has 1 saturated carbocycles. The van der Waals surface area contributed by atoms with E-state index in [0.717, 1.165) is 23.5 Å². The second kappa shape index (κ2) is 6.59. The van der Waals surface area contributed by atoms with Gasteiger partial charge < -0.3 is 10.1 Å². The van der Waals surface area contributed by atoms with Crippen LogP contribution in [0.25, 0.3) is 0 Å². The van der Waals surface area contributed by atoms with Crippen LogP contribution in [0.5, 0.6) is 0 Å². The molecule has 3 nitrogen and oxygen atoms in total. The Labute approximate surface area is 123 Å². The Bertz CT molecular complexity index is 489. The van der Waals surface area contributed by atoms with Crippen LogP contribution in [0.1, 0.15) is 24.8 Å². The van der Waals surface area contributed by atoms with E-state index in [1.165, 1.54) is 13.2 Å². The maximum atomic E-state index is 13.8. The lowest BCUT2D eigenvalue weighted by Gasteiger charge is -2.15. The first-order valence-corrected chi connectivity index (χ1v) is 7.70. The van der Waals surface area contributed by atoms with Crippen molar-refractivity contribution in [2.75, 3.05) is 19.9 Å². The van der Waals surface area contributed by atoms with Crippen molar-refractivity contribution in [3.63, 3.8) is 0 Å². The first-order chi connectivity index (χ1) is 9.60. The predicted molar refractivity (Wildman–Crippen MR) is 78.2 cm³/mol. The predicted octanol–water partition coefficient (Wildman–Crippen LogP) is 2.98. The molecule has 0 bridgehead atoms. The molecule has 0 unspecified atom stereocenters. The number of hydrogen-bond acceptors (Lipinski definition) is 4. The Kier molecular flexibility index (Phi) is 5.05. The zero-order valence-corrected chi connectivity index (χ0v) is 12.7. The summed E-state index contributed by atoms with van der Waals surface area (Å²) in [4.78, 5) is 12.4. The van der Waals surface area contributed by atoms with Crippen molar-refractivity contribution in [2.45, 2.75) is 30.7 Å². The quantitative estimate of drug-likeness (QED) is 0.620. The van der Waals surface area contributed by atoms with Crippen LogP contribution in [-0.4, -0.2) is 25.9 Å². The zero-order chi connectivity index (χ0) is 14.6. The van der Waals surface area contributed by atoms with Crippen molar-refractivity contribution in [1.82, 2.24) is 5.32 Å². The molecule has 110 valence electrons. The van der Waals surface area contributed by atoms with Gasteiger partial charge in [0.15, 0.2) is 0 Å². The van der Waals surface area contributed by atoms with Gasteiger partial charge in [0.2, 0.25) is 0 Å². The third kappa shape index (κ3) is 3.73. The second-order valence-corrected chi connectivity index (χ2v) is 6.31. The molecule has 1 aromatic carbocycles. The van der Waals surface area contributed by atoms with Crippen LogP contribution in [0, 0.1) is 11.2 Å². The van der Waals surface area contributed by atoms with Crippen molar-refractivity contribution >= 4 is 17.7 Å². The van der Waals surface area contributed by atoms with E-state index in [0.29, 0.717) is 18.5 Å². The van der Waals surface area contributed by atoms with Gasteiger partial charge in [0.05, 0.1) is 13.5 Å². The standard InChI is InChI=1S/C15H20FNO2S/c1-17-9-11-12(16)4-3-5-13(11)20-10-15(6-7-15)8-14(18)19-2/h3-5,17H,6-10H2,1-2H3. The van der Waals surface area contributed by atoms with Crippen molar-refractivity contribution in [1.29, 1.82) is 0 Å². The first kappa shape index (κ1) is 15.3. The number of ether oxygens (including phenoxy) is 1. The first-order valence-electron chi connectivity index (χ1n) is 6.72. The number of thioether (sulfide) groups is 1. The topological polar surface area (TPSA) is 38.3 Å². The largest absolute Gasteiger partial charge is 0.469 e. The lowest BCUT2D eigenvalue weighted by Crippen LogP contribution is -2.13. The summed E-state index contributed by atoms with van der Waals surface area (Å²) in [6.45, 7) is 0.513. The highest BCUT2D eigenvalue weighted by Crippen LogP contribution is 2.52. The van der Waals surface area contributed by atoms with E-state index < -0.39 is 0 Å². The minimum absolute atomic E-state index is 0.0565. The van der Waals surface area contributed by atoms with Gasteiger partial charge in [0.1, 0.15) is 5.82 Å². The molecule has 0 atom stereocenters. The second-order valence-electron chi connectivity index (χ2n) is 5.29. The average molecular weight is 297 g/mol. The minimum atomic E-state index is -0.179. The van der Waals surface area contributed by atoms with E-state index in [9.17, 15) is 9.18 Å². The number of esters is 1. The number of nitrogens with one attached hydrogen (secondary N) is 1. The third-order valence-corrected chi connectivity index (χ3v) is 5.12. The molecule has 0 radical (unpaired) electrons. The van der Waals surface area contributed by atoms with Gasteiger partial charge in [-0.1, -0.05) is 6.07 Å². The normalized spacial score (nSPS) is 15.9. The monoisotopic (exact) mass is 297 g/mol. The fourth-order valence-corrected chi connectivity index (χ4v) is 3.55. The molecule has 0 heterocycles. The van der Waals surface area contributed by atoms with Crippen molar-refractivity contribution < 1.29 is 13.9 Å². The van der Waals surface area contributed by atoms with Crippen molar-refractivity contribution in [3.8, 4) is 0 Å². The van der Waals surface area contributed by atoms with Crippen LogP contribution < -0.4 is 5.32 Å². The van der Waals surface area contributed by atoms with Crippen LogP contribution in [0.2, 0.25) is 0 Å². The van der Waals surface area contributed by atoms with Crippen molar-refractivity contribution in [2.24, 2.45) is 5.41 Å². The smallest absolute Gasteiger partial charge is 0.306 e. The maximum absolute atomic E-state index is 13.8. The fourth-order valence-electron chi connectivity index (χ4n) is 2.18. The Hall–Kier alpha value is -1.07. The Morgan fingerprint density at radius 3 is 2.85 bits per heavy atom. The van der Waals surface area contributed by atoms with E-state index in [1.54, 1.807) is 24.9 Å². The molecule has 1 aliphatic carbocycles. The van der Waals surface area contributed by atoms with E-state index in [-0.39, 0.29) is 17.2 Å². The average Bonchev–Trinajstić information content (AvgIpc) is 3.19. The number of carbonyl (C=O) groups is 1. The van der Waals surface area contributed by atoms with Gasteiger partial charge in [-0.3, -0.25) is 4.79 Å². The van der Waals surface area contributed by atoms with Gasteiger partial charge >= 0.3 is 5.97 Å². The number of hydrogen-bond donors (Lipinski definition) is 1. The molecule has 0 saturated heterocycles. The zero-order valence-electron chi connectivity index (χ0n) is 11.9. The number of carbonyl (C=O) groups excluding carboxylic acids is 1. The summed E-state index contributed by atoms with van der Waals surface area (Å²) in [7, 11) is 3.23. The summed E-state index contributed by atoms with van der Waals surface area (Å²) in [6, 6.07) is 5.16. The van der Waals surface area contributed by atoms with E-state index in [2.05, 4.69) is 5.32 Å². The highest BCUT2D eigenvalue weighted by atomic mass is 32.2. The van der Waals surface area contributed by atoms with Crippen LogP contribution >= 0.6 is 11.8 Å². The van der Waals surface area contributed by atoms with Crippen molar-refractivity contribution in [3.05, 3.63) is 29.6 Å². The molecule has 1 aromatic rings. The molecule has 5 heteroatoms. The lowest BCUT2D eigenvalue weighted by atomic mass is 10.1. The van der Waals surface area contributed by atoms with E-state index >= 15 is 0 Å². The molecule has 0 spiro atoms. The minimum Gasteiger partial charge on any atom is -0.469 e. The number of methoxy groups -OCH3 is 1. The molecule has 1 fully saturated rings. The van der Waals surface area contributed by atoms with Crippen LogP contribution in [0.4, 0.5) is 4.39 Å². The third-order valence-electron chi connectivity index (χ3n) is 3.67. The SMILES string of the molecule is CNCc1c(F)cccc1SCC1(CC(=O)OC)CC1. The summed E-state index contributed by atoms with van der Waals surface area (Å²) < 4.78 is 18.6. The molecule has 1 N–H and O–H groups in total. The van der Waals surface area contributed by atoms with Gasteiger partial charge in [-0.15, -0.1) is 11.8 Å². The summed E-state index contributed by atoms with van der Waals surface area (Å²) in [5.74, 6) is 0.502. The summed E-state index contributed by atoms with van der Waals surface area (Å²) in [5, 5.41) is 2.99. The van der Waals surface area contributed by atoms with Gasteiger partial charge in [-0.2, -0.15) is 0 Å². The van der Waals surface area contributed by atoms with Crippen LogP contribution in [-0.2, 0) is 16.1 Å². The van der Waals surface area contributed by atoms with Gasteiger partial charge in [0, 0.05) is 22.8 Å². The summed E-state index contributed by atoms with van der Waals surface area (Å²) in [5.41, 5.74) is 0.759. The Balaban J connectivity index is 2.01. The van der Waals surface area contributed by atoms with Gasteiger partial charge in [-0.05, 0) is 37.4 Å². The molecular weight excluding hydrogens is 277 g/mol. The molecule has 20 heavy (non-hydrogen) atoms. The summed E-state index contributed by atoms with van der Waals surface area (Å²) >= 11 is 1.64. The maximum Gasteiger partial charge on any atom is 0.306 e. The van der Waals surface area contributed by atoms with Gasteiger partial charge in [0.25, 0.3) is 0 Å². The molecule has 1 aliphatic rings. The molecular formula is C15H20FNO2S. The Morgan fingerprint density at radius 2 is 2.25 bits per heavy atom. The Morgan fingerprint density at radius 1 is 1.50 bits per heavy atom. The molecule has 0 amide bonds. The van der Waals surface area contributed by atoms with Crippen LogP contribution in [0.15, 0.2) is 23.1 Å². The molecule has 0 aromatic heterocycles. The fraction of sp³-hybridized carbons (Fsp3) is 0.533. The summed E-state index contributed by atoms with van der Waals surface area (Å²) in [6.07, 6.45) is 2.56. The van der Waals surface area contributed by atoms with Crippen LogP contribution in [0.3, 0.4) is 0 Å².